The van der Waals surface area contributed by atoms with Gasteiger partial charge in [0.1, 0.15) is 0 Å². The lowest BCUT2D eigenvalue weighted by molar-refractivity contribution is -0.115. The molecule has 1 saturated heterocycles. The maximum atomic E-state index is 13.0. The molecule has 0 saturated carbocycles. The number of amides is 2. The van der Waals surface area contributed by atoms with Gasteiger partial charge < -0.3 is 30.9 Å². The fourth-order valence-corrected chi connectivity index (χ4v) is 4.74. The van der Waals surface area contributed by atoms with Crippen LogP contribution in [0, 0.1) is 0 Å². The van der Waals surface area contributed by atoms with Crippen molar-refractivity contribution in [2.24, 2.45) is 0 Å². The van der Waals surface area contributed by atoms with Gasteiger partial charge in [0.15, 0.2) is 0 Å². The van der Waals surface area contributed by atoms with Crippen molar-refractivity contribution in [1.82, 2.24) is 4.98 Å². The van der Waals surface area contributed by atoms with Crippen LogP contribution in [0.2, 0.25) is 0 Å². The van der Waals surface area contributed by atoms with Gasteiger partial charge in [-0.3, -0.25) is 14.6 Å². The molecule has 6 rings (SSSR count). The second kappa shape index (κ2) is 10.8. The third kappa shape index (κ3) is 5.68. The number of nitrogens with zero attached hydrogens (tertiary/aromatic N) is 2. The number of morpholine rings is 1. The van der Waals surface area contributed by atoms with Gasteiger partial charge in [-0.15, -0.1) is 0 Å². The van der Waals surface area contributed by atoms with Gasteiger partial charge in [-0.25, -0.2) is 0 Å². The third-order valence-electron chi connectivity index (χ3n) is 6.73. The van der Waals surface area contributed by atoms with Crippen molar-refractivity contribution < 1.29 is 14.3 Å². The molecule has 39 heavy (non-hydrogen) atoms. The number of aromatic nitrogens is 1. The molecule has 3 heterocycles. The molecule has 4 aromatic rings. The van der Waals surface area contributed by atoms with Crippen molar-refractivity contribution in [1.29, 1.82) is 0 Å². The summed E-state index contributed by atoms with van der Waals surface area (Å²) >= 11 is 0. The maximum absolute atomic E-state index is 13.0. The normalized spacial score (nSPS) is 14.3. The number of carbonyl (C=O) groups excluding carboxylic acids is 2. The molecule has 9 heteroatoms. The smallest absolute Gasteiger partial charge is 0.257 e. The largest absolute Gasteiger partial charge is 0.378 e. The topological polar surface area (TPSA) is 108 Å². The Labute approximate surface area is 226 Å². The van der Waals surface area contributed by atoms with Gasteiger partial charge in [0.2, 0.25) is 5.91 Å². The van der Waals surface area contributed by atoms with Crippen LogP contribution in [0.4, 0.5) is 39.8 Å². The highest BCUT2D eigenvalue weighted by Gasteiger charge is 2.20. The summed E-state index contributed by atoms with van der Waals surface area (Å²) in [5, 5.41) is 12.6. The van der Waals surface area contributed by atoms with E-state index in [9.17, 15) is 9.59 Å². The number of fused-ring (bicyclic) bond motifs is 2. The second-order valence-corrected chi connectivity index (χ2v) is 9.45. The van der Waals surface area contributed by atoms with Gasteiger partial charge in [0, 0.05) is 48.2 Å². The van der Waals surface area contributed by atoms with Gasteiger partial charge in [0.25, 0.3) is 5.91 Å². The number of rotatable bonds is 6. The number of anilines is 7. The number of hydrogen-bond donors (Lipinski definition) is 4. The predicted molar refractivity (Wildman–Crippen MR) is 153 cm³/mol. The number of benzene rings is 3. The fraction of sp³-hybridized carbons (Fsp3) is 0.167. The van der Waals surface area contributed by atoms with Gasteiger partial charge in [0.05, 0.1) is 42.3 Å². The van der Waals surface area contributed by atoms with E-state index in [-0.39, 0.29) is 18.2 Å². The molecule has 0 bridgehead atoms. The van der Waals surface area contributed by atoms with E-state index in [1.54, 1.807) is 18.5 Å². The van der Waals surface area contributed by atoms with E-state index in [0.29, 0.717) is 16.9 Å². The van der Waals surface area contributed by atoms with Gasteiger partial charge >= 0.3 is 0 Å². The number of hydrogen-bond acceptors (Lipinski definition) is 7. The minimum Gasteiger partial charge on any atom is -0.378 e. The van der Waals surface area contributed by atoms with Crippen molar-refractivity contribution in [3.63, 3.8) is 0 Å². The van der Waals surface area contributed by atoms with Gasteiger partial charge in [-0.2, -0.15) is 0 Å². The lowest BCUT2D eigenvalue weighted by atomic mass is 10.1. The molecule has 3 aromatic carbocycles. The summed E-state index contributed by atoms with van der Waals surface area (Å²) in [6, 6.07) is 22.8. The molecule has 0 spiro atoms. The van der Waals surface area contributed by atoms with E-state index < -0.39 is 0 Å². The summed E-state index contributed by atoms with van der Waals surface area (Å²) in [7, 11) is 0. The third-order valence-corrected chi connectivity index (χ3v) is 6.73. The van der Waals surface area contributed by atoms with Crippen LogP contribution >= 0.6 is 0 Å². The molecular weight excluding hydrogens is 492 g/mol. The Hall–Kier alpha value is -4.89. The number of nitrogens with one attached hydrogen (secondary N) is 4. The zero-order chi connectivity index (χ0) is 26.6. The molecule has 196 valence electrons. The fourth-order valence-electron chi connectivity index (χ4n) is 4.74. The van der Waals surface area contributed by atoms with Crippen LogP contribution in [0.1, 0.15) is 15.9 Å². The maximum Gasteiger partial charge on any atom is 0.257 e. The zero-order valence-corrected chi connectivity index (χ0v) is 21.2. The minimum atomic E-state index is -0.214. The second-order valence-electron chi connectivity index (χ2n) is 9.45. The Bertz CT molecular complexity index is 1500. The summed E-state index contributed by atoms with van der Waals surface area (Å²) in [6.07, 6.45) is 3.61. The molecule has 4 N–H and O–H groups in total. The number of ether oxygens (including phenoxy) is 1. The molecule has 1 aromatic heterocycles. The van der Waals surface area contributed by atoms with E-state index in [1.807, 2.05) is 66.7 Å². The summed E-state index contributed by atoms with van der Waals surface area (Å²) in [6.45, 7) is 3.19. The number of carbonyl (C=O) groups is 2. The molecule has 1 fully saturated rings. The SMILES string of the molecule is O=C(Cc1ccc2c(c1)NC(=O)c1ccc(Nc3ccncc3)cc1N2)Nc1ccc(N2CCOCC2)cc1. The van der Waals surface area contributed by atoms with E-state index >= 15 is 0 Å². The highest BCUT2D eigenvalue weighted by Crippen LogP contribution is 2.35. The van der Waals surface area contributed by atoms with Crippen LogP contribution in [0.3, 0.4) is 0 Å². The molecule has 2 aliphatic heterocycles. The first kappa shape index (κ1) is 24.4. The zero-order valence-electron chi connectivity index (χ0n) is 21.2. The van der Waals surface area contributed by atoms with Crippen LogP contribution in [-0.4, -0.2) is 43.1 Å². The highest BCUT2D eigenvalue weighted by molar-refractivity contribution is 6.12. The highest BCUT2D eigenvalue weighted by atomic mass is 16.5. The van der Waals surface area contributed by atoms with Crippen LogP contribution in [-0.2, 0) is 16.0 Å². The Kier molecular flexibility index (Phi) is 6.80. The minimum absolute atomic E-state index is 0.128. The van der Waals surface area contributed by atoms with Crippen molar-refractivity contribution >= 4 is 51.6 Å². The van der Waals surface area contributed by atoms with Crippen LogP contribution in [0.5, 0.6) is 0 Å². The average Bonchev–Trinajstić information content (AvgIpc) is 3.09. The molecule has 0 radical (unpaired) electrons. The van der Waals surface area contributed by atoms with E-state index in [1.165, 1.54) is 0 Å². The molecule has 0 atom stereocenters. The Morgan fingerprint density at radius 3 is 2.38 bits per heavy atom. The summed E-state index contributed by atoms with van der Waals surface area (Å²) in [4.78, 5) is 32.1. The standard InChI is InChI=1S/C30H28N6O3/c37-29(33-21-2-5-24(6-3-21)36-13-15-39-16-14-36)18-20-1-8-26-28(17-20)35-30(38)25-7-4-23(19-27(25)34-26)32-22-9-11-31-12-10-22/h1-12,17,19,34H,13-16,18H2,(H,31,32)(H,33,37)(H,35,38). The van der Waals surface area contributed by atoms with Gasteiger partial charge in [-0.05, 0) is 72.3 Å². The predicted octanol–water partition coefficient (Wildman–Crippen LogP) is 5.15. The van der Waals surface area contributed by atoms with E-state index in [2.05, 4.69) is 31.2 Å². The first-order valence-electron chi connectivity index (χ1n) is 12.9. The summed E-state index contributed by atoms with van der Waals surface area (Å²) in [5.41, 5.74) is 7.01. The molecule has 2 aliphatic rings. The summed E-state index contributed by atoms with van der Waals surface area (Å²) in [5.74, 6) is -0.342. The van der Waals surface area contributed by atoms with Crippen LogP contribution in [0.15, 0.2) is 85.2 Å². The summed E-state index contributed by atoms with van der Waals surface area (Å²) < 4.78 is 5.41. The van der Waals surface area contributed by atoms with Crippen molar-refractivity contribution in [3.8, 4) is 0 Å². The van der Waals surface area contributed by atoms with Crippen LogP contribution in [0.25, 0.3) is 0 Å². The number of pyridine rings is 1. The Morgan fingerprint density at radius 1 is 0.821 bits per heavy atom. The lowest BCUT2D eigenvalue weighted by Crippen LogP contribution is -2.36. The molecule has 2 amide bonds. The lowest BCUT2D eigenvalue weighted by Gasteiger charge is -2.28. The molecule has 0 aliphatic carbocycles. The first-order valence-corrected chi connectivity index (χ1v) is 12.9. The van der Waals surface area contributed by atoms with Crippen molar-refractivity contribution in [2.45, 2.75) is 6.42 Å². The van der Waals surface area contributed by atoms with E-state index in [0.717, 1.165) is 60.3 Å². The molecular formula is C30H28N6O3. The first-order chi connectivity index (χ1) is 19.1. The Morgan fingerprint density at radius 2 is 1.59 bits per heavy atom. The van der Waals surface area contributed by atoms with E-state index in [4.69, 9.17) is 4.74 Å². The average molecular weight is 521 g/mol. The Balaban J connectivity index is 1.12. The molecule has 9 nitrogen and oxygen atoms in total. The quantitative estimate of drug-likeness (QED) is 0.278. The monoisotopic (exact) mass is 520 g/mol. The van der Waals surface area contributed by atoms with Crippen molar-refractivity contribution in [3.05, 3.63) is 96.3 Å². The molecule has 0 unspecified atom stereocenters. The van der Waals surface area contributed by atoms with Crippen LogP contribution < -0.4 is 26.2 Å². The van der Waals surface area contributed by atoms with Crippen molar-refractivity contribution in [2.75, 3.05) is 52.5 Å². The van der Waals surface area contributed by atoms with Gasteiger partial charge in [-0.1, -0.05) is 6.07 Å².